The summed E-state index contributed by atoms with van der Waals surface area (Å²) < 4.78 is 0. The van der Waals surface area contributed by atoms with E-state index >= 15 is 0 Å². The normalized spacial score (nSPS) is 26.2. The van der Waals surface area contributed by atoms with Crippen LogP contribution in [0.5, 0.6) is 0 Å². The molecule has 1 aromatic heterocycles. The monoisotopic (exact) mass is 278 g/mol. The van der Waals surface area contributed by atoms with Gasteiger partial charge >= 0.3 is 0 Å². The largest absolute Gasteiger partial charge is 0.388 e. The Morgan fingerprint density at radius 3 is 2.55 bits per heavy atom. The molecule has 1 aromatic rings. The van der Waals surface area contributed by atoms with Gasteiger partial charge in [-0.1, -0.05) is 13.8 Å². The number of aliphatic hydroxyl groups is 1. The van der Waals surface area contributed by atoms with Gasteiger partial charge in [-0.15, -0.1) is 0 Å². The van der Waals surface area contributed by atoms with Gasteiger partial charge in [0.25, 0.3) is 0 Å². The Morgan fingerprint density at radius 2 is 1.90 bits per heavy atom. The zero-order valence-electron chi connectivity index (χ0n) is 12.5. The van der Waals surface area contributed by atoms with Crippen LogP contribution in [0.25, 0.3) is 0 Å². The first kappa shape index (κ1) is 15.0. The highest BCUT2D eigenvalue weighted by atomic mass is 16.3. The molecule has 2 rings (SSSR count). The topological polar surface area (TPSA) is 70.1 Å². The van der Waals surface area contributed by atoms with Crippen LogP contribution in [0.15, 0.2) is 12.4 Å². The van der Waals surface area contributed by atoms with Gasteiger partial charge in [-0.2, -0.15) is 0 Å². The van der Waals surface area contributed by atoms with Crippen molar-refractivity contribution in [2.75, 3.05) is 23.7 Å². The molecule has 0 aromatic carbocycles. The summed E-state index contributed by atoms with van der Waals surface area (Å²) in [5.74, 6) is 2.33. The second-order valence-corrected chi connectivity index (χ2v) is 5.98. The molecular formula is C15H26N4O. The van der Waals surface area contributed by atoms with E-state index < -0.39 is 5.60 Å². The van der Waals surface area contributed by atoms with Crippen molar-refractivity contribution in [1.82, 2.24) is 9.97 Å². The average Bonchev–Trinajstić information content (AvgIpc) is 2.47. The molecule has 1 aliphatic rings. The molecule has 0 bridgehead atoms. The average molecular weight is 278 g/mol. The molecule has 112 valence electrons. The van der Waals surface area contributed by atoms with Crippen LogP contribution in [-0.2, 0) is 0 Å². The lowest BCUT2D eigenvalue weighted by Crippen LogP contribution is -2.40. The first-order chi connectivity index (χ1) is 9.61. The number of anilines is 2. The molecule has 0 aliphatic heterocycles. The molecule has 0 saturated heterocycles. The number of nitrogens with zero attached hydrogens (tertiary/aromatic N) is 2. The Morgan fingerprint density at radius 1 is 1.25 bits per heavy atom. The summed E-state index contributed by atoms with van der Waals surface area (Å²) in [5, 5.41) is 17.0. The Labute approximate surface area is 121 Å². The van der Waals surface area contributed by atoms with E-state index in [0.29, 0.717) is 6.54 Å². The van der Waals surface area contributed by atoms with Crippen molar-refractivity contribution in [3.8, 4) is 0 Å². The van der Waals surface area contributed by atoms with Crippen LogP contribution in [0.4, 0.5) is 11.6 Å². The Bertz CT molecular complexity index is 416. The van der Waals surface area contributed by atoms with E-state index in [4.69, 9.17) is 0 Å². The fourth-order valence-corrected chi connectivity index (χ4v) is 2.54. The minimum Gasteiger partial charge on any atom is -0.388 e. The second kappa shape index (κ2) is 6.88. The van der Waals surface area contributed by atoms with Gasteiger partial charge in [0.2, 0.25) is 0 Å². The first-order valence-corrected chi connectivity index (χ1v) is 7.63. The van der Waals surface area contributed by atoms with Crippen LogP contribution in [0.3, 0.4) is 0 Å². The molecule has 1 fully saturated rings. The van der Waals surface area contributed by atoms with Crippen molar-refractivity contribution in [1.29, 1.82) is 0 Å². The van der Waals surface area contributed by atoms with E-state index in [2.05, 4.69) is 34.4 Å². The van der Waals surface area contributed by atoms with E-state index in [-0.39, 0.29) is 0 Å². The molecule has 0 spiro atoms. The highest BCUT2D eigenvalue weighted by molar-refractivity contribution is 5.46. The molecular weight excluding hydrogens is 252 g/mol. The van der Waals surface area contributed by atoms with E-state index in [1.54, 1.807) is 6.33 Å². The summed E-state index contributed by atoms with van der Waals surface area (Å²) in [6, 6.07) is 1.89. The van der Waals surface area contributed by atoms with Gasteiger partial charge in [0, 0.05) is 19.2 Å². The van der Waals surface area contributed by atoms with Gasteiger partial charge in [0.05, 0.1) is 5.60 Å². The molecule has 1 aliphatic carbocycles. The van der Waals surface area contributed by atoms with Crippen LogP contribution < -0.4 is 10.6 Å². The van der Waals surface area contributed by atoms with Crippen LogP contribution in [0, 0.1) is 5.92 Å². The first-order valence-electron chi connectivity index (χ1n) is 7.63. The Balaban J connectivity index is 1.87. The van der Waals surface area contributed by atoms with E-state index in [1.807, 2.05) is 6.07 Å². The zero-order valence-corrected chi connectivity index (χ0v) is 12.5. The van der Waals surface area contributed by atoms with Crippen molar-refractivity contribution >= 4 is 11.6 Å². The predicted molar refractivity (Wildman–Crippen MR) is 81.9 cm³/mol. The number of hydrogen-bond donors (Lipinski definition) is 3. The molecule has 0 unspecified atom stereocenters. The van der Waals surface area contributed by atoms with Crippen molar-refractivity contribution in [2.45, 2.75) is 51.6 Å². The highest BCUT2D eigenvalue weighted by Crippen LogP contribution is 2.31. The lowest BCUT2D eigenvalue weighted by molar-refractivity contribution is 0.00494. The summed E-state index contributed by atoms with van der Waals surface area (Å²) in [4.78, 5) is 8.38. The highest BCUT2D eigenvalue weighted by Gasteiger charge is 2.31. The fourth-order valence-electron chi connectivity index (χ4n) is 2.54. The van der Waals surface area contributed by atoms with Gasteiger partial charge in [0.1, 0.15) is 18.0 Å². The van der Waals surface area contributed by atoms with Crippen LogP contribution >= 0.6 is 0 Å². The third-order valence-corrected chi connectivity index (χ3v) is 4.03. The molecule has 5 nitrogen and oxygen atoms in total. The maximum absolute atomic E-state index is 10.5. The number of aromatic nitrogens is 2. The van der Waals surface area contributed by atoms with Crippen molar-refractivity contribution in [3.63, 3.8) is 0 Å². The lowest BCUT2D eigenvalue weighted by atomic mass is 9.79. The minimum atomic E-state index is -0.589. The van der Waals surface area contributed by atoms with Crippen molar-refractivity contribution in [3.05, 3.63) is 12.4 Å². The maximum atomic E-state index is 10.5. The maximum Gasteiger partial charge on any atom is 0.131 e. The molecule has 1 heterocycles. The fraction of sp³-hybridized carbons (Fsp3) is 0.733. The van der Waals surface area contributed by atoms with Gasteiger partial charge in [-0.3, -0.25) is 0 Å². The molecule has 0 atom stereocenters. The van der Waals surface area contributed by atoms with Crippen LogP contribution in [0.2, 0.25) is 0 Å². The van der Waals surface area contributed by atoms with Crippen molar-refractivity contribution in [2.24, 2.45) is 5.92 Å². The molecule has 20 heavy (non-hydrogen) atoms. The molecule has 0 amide bonds. The summed E-state index contributed by atoms with van der Waals surface area (Å²) in [5.41, 5.74) is -0.589. The smallest absolute Gasteiger partial charge is 0.131 e. The summed E-state index contributed by atoms with van der Waals surface area (Å²) in [6.45, 7) is 5.83. The van der Waals surface area contributed by atoms with Gasteiger partial charge in [0.15, 0.2) is 0 Å². The minimum absolute atomic E-state index is 0.559. The molecule has 0 radical (unpaired) electrons. The third kappa shape index (κ3) is 4.34. The third-order valence-electron chi connectivity index (χ3n) is 4.03. The number of hydrogen-bond acceptors (Lipinski definition) is 5. The zero-order chi connectivity index (χ0) is 14.4. The summed E-state index contributed by atoms with van der Waals surface area (Å²) >= 11 is 0. The van der Waals surface area contributed by atoms with E-state index in [0.717, 1.165) is 56.2 Å². The SMILES string of the molecule is CCCNc1cc(NCC2(O)CCC(C)CC2)ncn1. The molecule has 3 N–H and O–H groups in total. The lowest BCUT2D eigenvalue weighted by Gasteiger charge is -2.35. The second-order valence-electron chi connectivity index (χ2n) is 5.98. The van der Waals surface area contributed by atoms with Gasteiger partial charge in [-0.25, -0.2) is 9.97 Å². The molecule has 1 saturated carbocycles. The predicted octanol–water partition coefficient (Wildman–Crippen LogP) is 2.65. The number of rotatable bonds is 6. The van der Waals surface area contributed by atoms with Gasteiger partial charge in [-0.05, 0) is 38.0 Å². The quantitative estimate of drug-likeness (QED) is 0.746. The number of nitrogens with one attached hydrogen (secondary N) is 2. The van der Waals surface area contributed by atoms with Crippen LogP contribution in [0.1, 0.15) is 46.0 Å². The van der Waals surface area contributed by atoms with Crippen LogP contribution in [-0.4, -0.2) is 33.8 Å². The Hall–Kier alpha value is -1.36. The standard InChI is InChI=1S/C15H26N4O/c1-3-8-16-13-9-14(19-11-18-13)17-10-15(20)6-4-12(2)5-7-15/h9,11-12,20H,3-8,10H2,1-2H3,(H2,16,17,18,19). The molecule has 5 heteroatoms. The summed E-state index contributed by atoms with van der Waals surface area (Å²) in [6.07, 6.45) is 6.55. The van der Waals surface area contributed by atoms with Crippen molar-refractivity contribution < 1.29 is 5.11 Å². The van der Waals surface area contributed by atoms with E-state index in [1.165, 1.54) is 0 Å². The van der Waals surface area contributed by atoms with Gasteiger partial charge < -0.3 is 15.7 Å². The van der Waals surface area contributed by atoms with E-state index in [9.17, 15) is 5.11 Å². The summed E-state index contributed by atoms with van der Waals surface area (Å²) in [7, 11) is 0. The Kier molecular flexibility index (Phi) is 5.17.